The van der Waals surface area contributed by atoms with Crippen LogP contribution in [0, 0.1) is 11.3 Å². The molecule has 0 radical (unpaired) electrons. The van der Waals surface area contributed by atoms with Gasteiger partial charge in [-0.25, -0.2) is 0 Å². The summed E-state index contributed by atoms with van der Waals surface area (Å²) in [6.07, 6.45) is 5.61. The number of aromatic nitrogens is 1. The SMILES string of the molecule is CNC(=O)[C@@H]1CCC[C@@]12CCN(C(=O)c1ccccn1)C2. The second-order valence-electron chi connectivity index (χ2n) is 6.11. The van der Waals surface area contributed by atoms with Crippen LogP contribution in [0.4, 0.5) is 0 Å². The molecule has 1 saturated heterocycles. The Morgan fingerprint density at radius 3 is 2.95 bits per heavy atom. The minimum Gasteiger partial charge on any atom is -0.359 e. The van der Waals surface area contributed by atoms with E-state index >= 15 is 0 Å². The lowest BCUT2D eigenvalue weighted by Gasteiger charge is -2.30. The van der Waals surface area contributed by atoms with Gasteiger partial charge < -0.3 is 10.2 Å². The highest BCUT2D eigenvalue weighted by atomic mass is 16.2. The molecule has 3 rings (SSSR count). The molecule has 1 saturated carbocycles. The van der Waals surface area contributed by atoms with Gasteiger partial charge in [-0.1, -0.05) is 12.5 Å². The van der Waals surface area contributed by atoms with Crippen molar-refractivity contribution in [2.24, 2.45) is 11.3 Å². The molecule has 1 N–H and O–H groups in total. The van der Waals surface area contributed by atoms with Gasteiger partial charge in [-0.05, 0) is 31.4 Å². The summed E-state index contributed by atoms with van der Waals surface area (Å²) < 4.78 is 0. The van der Waals surface area contributed by atoms with Gasteiger partial charge in [0.15, 0.2) is 0 Å². The molecule has 1 aromatic heterocycles. The standard InChI is InChI=1S/C16H21N3O2/c1-17-14(20)12-5-4-7-16(12)8-10-19(11-16)15(21)13-6-2-3-9-18-13/h2-3,6,9,12H,4-5,7-8,10-11H2,1H3,(H,17,20)/t12-,16-/m0/s1. The molecule has 112 valence electrons. The summed E-state index contributed by atoms with van der Waals surface area (Å²) in [4.78, 5) is 30.6. The predicted molar refractivity (Wildman–Crippen MR) is 78.6 cm³/mol. The number of nitrogens with zero attached hydrogens (tertiary/aromatic N) is 2. The van der Waals surface area contributed by atoms with E-state index in [0.29, 0.717) is 12.2 Å². The summed E-state index contributed by atoms with van der Waals surface area (Å²) in [5, 5.41) is 2.78. The van der Waals surface area contributed by atoms with Crippen LogP contribution in [0.2, 0.25) is 0 Å². The first-order valence-corrected chi connectivity index (χ1v) is 7.58. The summed E-state index contributed by atoms with van der Waals surface area (Å²) in [5.41, 5.74) is 0.467. The molecule has 0 bridgehead atoms. The Labute approximate surface area is 124 Å². The Kier molecular flexibility index (Phi) is 3.66. The Balaban J connectivity index is 1.76. The topological polar surface area (TPSA) is 62.3 Å². The summed E-state index contributed by atoms with van der Waals surface area (Å²) in [6.45, 7) is 1.41. The number of likely N-dealkylation sites (tertiary alicyclic amines) is 1. The van der Waals surface area contributed by atoms with Crippen LogP contribution in [0.5, 0.6) is 0 Å². The third kappa shape index (κ3) is 2.41. The number of nitrogens with one attached hydrogen (secondary N) is 1. The minimum absolute atomic E-state index is 0.0185. The van der Waals surface area contributed by atoms with Gasteiger partial charge in [0.1, 0.15) is 5.69 Å². The van der Waals surface area contributed by atoms with Gasteiger partial charge in [0.25, 0.3) is 5.91 Å². The van der Waals surface area contributed by atoms with E-state index in [-0.39, 0.29) is 23.1 Å². The second-order valence-corrected chi connectivity index (χ2v) is 6.11. The van der Waals surface area contributed by atoms with E-state index in [2.05, 4.69) is 10.3 Å². The third-order valence-electron chi connectivity index (χ3n) is 5.03. The third-order valence-corrected chi connectivity index (χ3v) is 5.03. The maximum atomic E-state index is 12.5. The van der Waals surface area contributed by atoms with Gasteiger partial charge in [-0.2, -0.15) is 0 Å². The van der Waals surface area contributed by atoms with E-state index in [1.165, 1.54) is 0 Å². The molecule has 1 spiro atoms. The molecule has 0 unspecified atom stereocenters. The molecule has 1 aliphatic heterocycles. The van der Waals surface area contributed by atoms with Gasteiger partial charge in [0.05, 0.1) is 0 Å². The fourth-order valence-corrected chi connectivity index (χ4v) is 3.93. The molecule has 0 aromatic carbocycles. The fourth-order valence-electron chi connectivity index (χ4n) is 3.93. The zero-order valence-corrected chi connectivity index (χ0v) is 12.3. The summed E-state index contributed by atoms with van der Waals surface area (Å²) >= 11 is 0. The zero-order valence-electron chi connectivity index (χ0n) is 12.3. The van der Waals surface area contributed by atoms with Crippen molar-refractivity contribution in [2.75, 3.05) is 20.1 Å². The first-order valence-electron chi connectivity index (χ1n) is 7.58. The van der Waals surface area contributed by atoms with Crippen LogP contribution in [0.3, 0.4) is 0 Å². The molecule has 2 amide bonds. The first kappa shape index (κ1) is 14.0. The minimum atomic E-state index is -0.0233. The summed E-state index contributed by atoms with van der Waals surface area (Å²) in [5.74, 6) is 0.152. The van der Waals surface area contributed by atoms with Crippen molar-refractivity contribution >= 4 is 11.8 Å². The van der Waals surface area contributed by atoms with Crippen molar-refractivity contribution in [1.29, 1.82) is 0 Å². The Morgan fingerprint density at radius 1 is 1.38 bits per heavy atom. The number of hydrogen-bond acceptors (Lipinski definition) is 3. The quantitative estimate of drug-likeness (QED) is 0.895. The number of carbonyl (C=O) groups excluding carboxylic acids is 2. The van der Waals surface area contributed by atoms with Gasteiger partial charge in [-0.15, -0.1) is 0 Å². The van der Waals surface area contributed by atoms with Crippen LogP contribution in [0.15, 0.2) is 24.4 Å². The number of carbonyl (C=O) groups is 2. The highest BCUT2D eigenvalue weighted by Crippen LogP contribution is 2.49. The molecule has 1 aliphatic carbocycles. The van der Waals surface area contributed by atoms with E-state index in [1.807, 2.05) is 11.0 Å². The maximum absolute atomic E-state index is 12.5. The lowest BCUT2D eigenvalue weighted by atomic mass is 9.76. The van der Waals surface area contributed by atoms with Crippen LogP contribution in [0.25, 0.3) is 0 Å². The molecular weight excluding hydrogens is 266 g/mol. The number of amides is 2. The van der Waals surface area contributed by atoms with E-state index in [9.17, 15) is 9.59 Å². The lowest BCUT2D eigenvalue weighted by molar-refractivity contribution is -0.127. The highest BCUT2D eigenvalue weighted by Gasteiger charge is 2.51. The van der Waals surface area contributed by atoms with Crippen molar-refractivity contribution in [3.63, 3.8) is 0 Å². The van der Waals surface area contributed by atoms with E-state index in [0.717, 1.165) is 32.2 Å². The Bertz CT molecular complexity index is 546. The molecule has 2 aliphatic rings. The predicted octanol–water partition coefficient (Wildman–Crippen LogP) is 1.46. The van der Waals surface area contributed by atoms with E-state index < -0.39 is 0 Å². The number of hydrogen-bond donors (Lipinski definition) is 1. The molecule has 5 heteroatoms. The number of rotatable bonds is 2. The Hall–Kier alpha value is -1.91. The van der Waals surface area contributed by atoms with Gasteiger partial charge in [0, 0.05) is 37.7 Å². The molecular formula is C16H21N3O2. The van der Waals surface area contributed by atoms with E-state index in [4.69, 9.17) is 0 Å². The van der Waals surface area contributed by atoms with Crippen LogP contribution in [-0.2, 0) is 4.79 Å². The van der Waals surface area contributed by atoms with Crippen molar-refractivity contribution in [3.05, 3.63) is 30.1 Å². The zero-order chi connectivity index (χ0) is 14.9. The molecule has 2 atom stereocenters. The normalized spacial score (nSPS) is 28.0. The van der Waals surface area contributed by atoms with Gasteiger partial charge >= 0.3 is 0 Å². The van der Waals surface area contributed by atoms with Crippen molar-refractivity contribution in [3.8, 4) is 0 Å². The monoisotopic (exact) mass is 287 g/mol. The van der Waals surface area contributed by atoms with Crippen molar-refractivity contribution in [1.82, 2.24) is 15.2 Å². The van der Waals surface area contributed by atoms with Gasteiger partial charge in [-0.3, -0.25) is 14.6 Å². The van der Waals surface area contributed by atoms with Crippen LogP contribution in [-0.4, -0.2) is 41.8 Å². The average Bonchev–Trinajstić information content (AvgIpc) is 3.14. The van der Waals surface area contributed by atoms with Crippen molar-refractivity contribution < 1.29 is 9.59 Å². The second kappa shape index (κ2) is 5.47. The molecule has 5 nitrogen and oxygen atoms in total. The highest BCUT2D eigenvalue weighted by molar-refractivity contribution is 5.92. The lowest BCUT2D eigenvalue weighted by Crippen LogP contribution is -2.40. The first-order chi connectivity index (χ1) is 10.2. The van der Waals surface area contributed by atoms with Gasteiger partial charge in [0.2, 0.25) is 5.91 Å². The summed E-state index contributed by atoms with van der Waals surface area (Å²) in [7, 11) is 1.69. The number of pyridine rings is 1. The molecule has 1 aromatic rings. The smallest absolute Gasteiger partial charge is 0.272 e. The van der Waals surface area contributed by atoms with Crippen LogP contribution in [0.1, 0.15) is 36.2 Å². The fraction of sp³-hybridized carbons (Fsp3) is 0.562. The molecule has 2 fully saturated rings. The summed E-state index contributed by atoms with van der Waals surface area (Å²) in [6, 6.07) is 5.38. The molecule has 2 heterocycles. The van der Waals surface area contributed by atoms with Crippen LogP contribution < -0.4 is 5.32 Å². The van der Waals surface area contributed by atoms with Crippen molar-refractivity contribution in [2.45, 2.75) is 25.7 Å². The maximum Gasteiger partial charge on any atom is 0.272 e. The Morgan fingerprint density at radius 2 is 2.24 bits per heavy atom. The largest absolute Gasteiger partial charge is 0.359 e. The van der Waals surface area contributed by atoms with Crippen LogP contribution >= 0.6 is 0 Å². The average molecular weight is 287 g/mol. The molecule has 21 heavy (non-hydrogen) atoms. The van der Waals surface area contributed by atoms with E-state index in [1.54, 1.807) is 25.4 Å².